The van der Waals surface area contributed by atoms with Crippen LogP contribution in [0.5, 0.6) is 0 Å². The Hall–Kier alpha value is -1.66. The van der Waals surface area contributed by atoms with E-state index in [2.05, 4.69) is 60.2 Å². The molecule has 0 atom stereocenters. The minimum absolute atomic E-state index is 0.178. The Morgan fingerprint density at radius 3 is 2.38 bits per heavy atom. The van der Waals surface area contributed by atoms with Crippen molar-refractivity contribution >= 4 is 23.1 Å². The maximum atomic E-state index is 5.77. The molecular weight excluding hydrogens is 338 g/mol. The van der Waals surface area contributed by atoms with Crippen LogP contribution in [0.25, 0.3) is 10.8 Å². The zero-order valence-corrected chi connectivity index (χ0v) is 16.2. The first-order valence-electron chi connectivity index (χ1n) is 7.83. The van der Waals surface area contributed by atoms with Crippen LogP contribution in [0.2, 0.25) is 0 Å². The highest BCUT2D eigenvalue weighted by Crippen LogP contribution is 2.31. The maximum absolute atomic E-state index is 5.77. The van der Waals surface area contributed by atoms with Crippen molar-refractivity contribution in [2.24, 2.45) is 0 Å². The van der Waals surface area contributed by atoms with Gasteiger partial charge in [-0.2, -0.15) is 0 Å². The number of thiazole rings is 1. The van der Waals surface area contributed by atoms with Crippen LogP contribution in [0.4, 0.5) is 0 Å². The van der Waals surface area contributed by atoms with Gasteiger partial charge in [-0.3, -0.25) is 0 Å². The van der Waals surface area contributed by atoms with Gasteiger partial charge in [0.1, 0.15) is 4.88 Å². The monoisotopic (exact) mass is 359 g/mol. The Balaban J connectivity index is 1.66. The molecule has 0 saturated carbocycles. The zero-order chi connectivity index (χ0) is 17.3. The number of aromatic nitrogens is 3. The van der Waals surface area contributed by atoms with Gasteiger partial charge in [0, 0.05) is 5.75 Å². The van der Waals surface area contributed by atoms with Crippen molar-refractivity contribution in [3.63, 3.8) is 0 Å². The van der Waals surface area contributed by atoms with Crippen LogP contribution in [0.1, 0.15) is 42.6 Å². The van der Waals surface area contributed by atoms with Gasteiger partial charge in [-0.15, -0.1) is 21.5 Å². The highest BCUT2D eigenvalue weighted by atomic mass is 32.2. The van der Waals surface area contributed by atoms with Crippen LogP contribution < -0.4 is 0 Å². The van der Waals surface area contributed by atoms with E-state index in [9.17, 15) is 0 Å². The largest absolute Gasteiger partial charge is 0.410 e. The fraction of sp³-hybridized carbons (Fsp3) is 0.389. The van der Waals surface area contributed by atoms with Gasteiger partial charge in [0.25, 0.3) is 11.1 Å². The summed E-state index contributed by atoms with van der Waals surface area (Å²) < 4.78 is 5.77. The predicted molar refractivity (Wildman–Crippen MR) is 99.6 cm³/mol. The number of thioether (sulfide) groups is 1. The molecule has 1 aromatic carbocycles. The summed E-state index contributed by atoms with van der Waals surface area (Å²) in [6.45, 7) is 10.6. The summed E-state index contributed by atoms with van der Waals surface area (Å²) in [5.74, 6) is 1.37. The molecule has 6 heteroatoms. The second-order valence-electron chi connectivity index (χ2n) is 6.76. The number of rotatable bonds is 4. The van der Waals surface area contributed by atoms with E-state index in [0.29, 0.717) is 11.1 Å². The van der Waals surface area contributed by atoms with Crippen molar-refractivity contribution < 1.29 is 4.42 Å². The van der Waals surface area contributed by atoms with Crippen molar-refractivity contribution in [3.05, 3.63) is 46.1 Å². The second kappa shape index (κ2) is 6.69. The zero-order valence-electron chi connectivity index (χ0n) is 14.6. The molecule has 126 valence electrons. The van der Waals surface area contributed by atoms with Crippen molar-refractivity contribution in [2.75, 3.05) is 0 Å². The van der Waals surface area contributed by atoms with E-state index < -0.39 is 0 Å². The van der Waals surface area contributed by atoms with Gasteiger partial charge in [0.15, 0.2) is 0 Å². The summed E-state index contributed by atoms with van der Waals surface area (Å²) in [4.78, 5) is 5.36. The third kappa shape index (κ3) is 3.87. The summed E-state index contributed by atoms with van der Waals surface area (Å²) in [6.07, 6.45) is 0. The molecule has 0 bridgehead atoms. The standard InChI is InChI=1S/C18H21N3OS2/c1-11-15(24-12(2)19-11)16-20-21-17(22-16)23-10-13-6-8-14(9-7-13)18(3,4)5/h6-9H,10H2,1-5H3. The SMILES string of the molecule is Cc1nc(C)c(-c2nnc(SCc3ccc(C(C)(C)C)cc3)o2)s1. The molecule has 4 nitrogen and oxygen atoms in total. The third-order valence-corrected chi connectivity index (χ3v) is 5.64. The molecule has 3 rings (SSSR count). The van der Waals surface area contributed by atoms with Crippen LogP contribution >= 0.6 is 23.1 Å². The Kier molecular flexibility index (Phi) is 4.78. The number of nitrogens with zero attached hydrogens (tertiary/aromatic N) is 3. The van der Waals surface area contributed by atoms with Gasteiger partial charge in [0.05, 0.1) is 10.7 Å². The van der Waals surface area contributed by atoms with E-state index in [1.54, 1.807) is 23.1 Å². The number of benzene rings is 1. The Labute approximate surface area is 150 Å². The van der Waals surface area contributed by atoms with E-state index in [-0.39, 0.29) is 5.41 Å². The molecular formula is C18H21N3OS2. The van der Waals surface area contributed by atoms with Crippen molar-refractivity contribution in [1.29, 1.82) is 0 Å². The number of aryl methyl sites for hydroxylation is 2. The van der Waals surface area contributed by atoms with Gasteiger partial charge < -0.3 is 4.42 Å². The normalized spacial score (nSPS) is 11.9. The first-order chi connectivity index (χ1) is 11.3. The molecule has 0 fully saturated rings. The van der Waals surface area contributed by atoms with E-state index in [1.165, 1.54) is 11.1 Å². The number of hydrogen-bond donors (Lipinski definition) is 0. The molecule has 0 aliphatic heterocycles. The average molecular weight is 360 g/mol. The van der Waals surface area contributed by atoms with E-state index >= 15 is 0 Å². The van der Waals surface area contributed by atoms with Gasteiger partial charge >= 0.3 is 0 Å². The second-order valence-corrected chi connectivity index (χ2v) is 8.89. The van der Waals surface area contributed by atoms with Crippen LogP contribution in [0, 0.1) is 13.8 Å². The van der Waals surface area contributed by atoms with E-state index in [4.69, 9.17) is 4.42 Å². The van der Waals surface area contributed by atoms with Gasteiger partial charge in [0.2, 0.25) is 0 Å². The summed E-state index contributed by atoms with van der Waals surface area (Å²) in [5, 5.41) is 9.89. The maximum Gasteiger partial charge on any atom is 0.277 e. The molecule has 0 amide bonds. The highest BCUT2D eigenvalue weighted by molar-refractivity contribution is 7.98. The Morgan fingerprint density at radius 1 is 1.08 bits per heavy atom. The molecule has 0 saturated heterocycles. The molecule has 0 radical (unpaired) electrons. The fourth-order valence-electron chi connectivity index (χ4n) is 2.34. The molecule has 0 spiro atoms. The number of hydrogen-bond acceptors (Lipinski definition) is 6. The molecule has 2 heterocycles. The molecule has 24 heavy (non-hydrogen) atoms. The lowest BCUT2D eigenvalue weighted by molar-refractivity contribution is 0.466. The van der Waals surface area contributed by atoms with E-state index in [0.717, 1.165) is 21.3 Å². The van der Waals surface area contributed by atoms with Crippen LogP contribution in [0.3, 0.4) is 0 Å². The summed E-state index contributed by atoms with van der Waals surface area (Å²) in [7, 11) is 0. The quantitative estimate of drug-likeness (QED) is 0.584. The molecule has 0 unspecified atom stereocenters. The molecule has 0 aliphatic rings. The first-order valence-corrected chi connectivity index (χ1v) is 9.63. The molecule has 0 aliphatic carbocycles. The highest BCUT2D eigenvalue weighted by Gasteiger charge is 2.16. The van der Waals surface area contributed by atoms with E-state index in [1.807, 2.05) is 13.8 Å². The fourth-order valence-corrected chi connectivity index (χ4v) is 3.90. The van der Waals surface area contributed by atoms with Crippen LogP contribution in [0.15, 0.2) is 33.9 Å². The Bertz CT molecular complexity index is 829. The van der Waals surface area contributed by atoms with Crippen molar-refractivity contribution in [2.45, 2.75) is 51.0 Å². The summed E-state index contributed by atoms with van der Waals surface area (Å²) in [6, 6.07) is 8.72. The van der Waals surface area contributed by atoms with Crippen LogP contribution in [-0.2, 0) is 11.2 Å². The van der Waals surface area contributed by atoms with Gasteiger partial charge in [-0.1, -0.05) is 56.8 Å². The lowest BCUT2D eigenvalue weighted by atomic mass is 9.87. The summed E-state index contributed by atoms with van der Waals surface area (Å²) in [5.41, 5.74) is 3.71. The first kappa shape index (κ1) is 17.2. The smallest absolute Gasteiger partial charge is 0.277 e. The molecule has 0 N–H and O–H groups in total. The van der Waals surface area contributed by atoms with Crippen molar-refractivity contribution in [1.82, 2.24) is 15.2 Å². The van der Waals surface area contributed by atoms with Crippen LogP contribution in [-0.4, -0.2) is 15.2 Å². The molecule has 3 aromatic rings. The van der Waals surface area contributed by atoms with Gasteiger partial charge in [-0.25, -0.2) is 4.98 Å². The average Bonchev–Trinajstić information content (AvgIpc) is 3.11. The predicted octanol–water partition coefficient (Wildman–Crippen LogP) is 5.40. The lowest BCUT2D eigenvalue weighted by Gasteiger charge is -2.19. The lowest BCUT2D eigenvalue weighted by Crippen LogP contribution is -2.10. The summed E-state index contributed by atoms with van der Waals surface area (Å²) >= 11 is 3.14. The molecule has 2 aromatic heterocycles. The van der Waals surface area contributed by atoms with Crippen molar-refractivity contribution in [3.8, 4) is 10.8 Å². The topological polar surface area (TPSA) is 51.8 Å². The van der Waals surface area contributed by atoms with Gasteiger partial charge in [-0.05, 0) is 30.4 Å². The third-order valence-electron chi connectivity index (χ3n) is 3.69. The minimum atomic E-state index is 0.178. The minimum Gasteiger partial charge on any atom is -0.410 e. The Morgan fingerprint density at radius 2 is 1.79 bits per heavy atom.